The summed E-state index contributed by atoms with van der Waals surface area (Å²) in [4.78, 5) is 25.4. The van der Waals surface area contributed by atoms with Gasteiger partial charge in [0.1, 0.15) is 5.54 Å². The van der Waals surface area contributed by atoms with Crippen LogP contribution in [0.1, 0.15) is 46.0 Å². The lowest BCUT2D eigenvalue weighted by molar-refractivity contribution is -0.132. The topological polar surface area (TPSA) is 49.4 Å². The molecule has 1 aliphatic carbocycles. The quantitative estimate of drug-likeness (QED) is 0.728. The molecule has 3 amide bonds. The molecule has 16 heavy (non-hydrogen) atoms. The van der Waals surface area contributed by atoms with Crippen molar-refractivity contribution in [1.29, 1.82) is 0 Å². The van der Waals surface area contributed by atoms with E-state index < -0.39 is 5.54 Å². The summed E-state index contributed by atoms with van der Waals surface area (Å²) in [7, 11) is 0. The van der Waals surface area contributed by atoms with Crippen LogP contribution in [-0.4, -0.2) is 28.9 Å². The van der Waals surface area contributed by atoms with Crippen molar-refractivity contribution >= 4 is 11.9 Å². The maximum absolute atomic E-state index is 12.3. The van der Waals surface area contributed by atoms with Gasteiger partial charge in [-0.3, -0.25) is 9.69 Å². The first kappa shape index (κ1) is 11.4. The predicted molar refractivity (Wildman–Crippen MR) is 60.9 cm³/mol. The van der Waals surface area contributed by atoms with E-state index in [0.29, 0.717) is 12.5 Å². The number of rotatable bonds is 2. The van der Waals surface area contributed by atoms with Crippen LogP contribution in [-0.2, 0) is 4.79 Å². The molecule has 4 heteroatoms. The normalized spacial score (nSPS) is 34.6. The second-order valence-electron chi connectivity index (χ2n) is 5.17. The summed E-state index contributed by atoms with van der Waals surface area (Å²) in [5, 5.41) is 2.92. The molecule has 0 aromatic rings. The third-order valence-electron chi connectivity index (χ3n) is 3.69. The summed E-state index contributed by atoms with van der Waals surface area (Å²) in [5.41, 5.74) is -0.566. The molecular formula is C12H20N2O2. The van der Waals surface area contributed by atoms with Gasteiger partial charge in [-0.15, -0.1) is 0 Å². The number of hydrogen-bond acceptors (Lipinski definition) is 2. The molecule has 2 fully saturated rings. The minimum atomic E-state index is -0.566. The molecular weight excluding hydrogens is 204 g/mol. The molecule has 0 aromatic carbocycles. The molecule has 0 radical (unpaired) electrons. The van der Waals surface area contributed by atoms with E-state index in [1.807, 2.05) is 6.92 Å². The molecule has 4 nitrogen and oxygen atoms in total. The standard InChI is InChI=1S/C12H20N2O2/c1-3-7-14-10(15)12(13-11(14)16)6-4-5-9(2)8-12/h9H,3-8H2,1-2H3,(H,13,16). The van der Waals surface area contributed by atoms with E-state index in [1.54, 1.807) is 0 Å². The Hall–Kier alpha value is -1.06. The van der Waals surface area contributed by atoms with Crippen molar-refractivity contribution < 1.29 is 9.59 Å². The van der Waals surface area contributed by atoms with Crippen LogP contribution in [0.15, 0.2) is 0 Å². The lowest BCUT2D eigenvalue weighted by atomic mass is 9.76. The molecule has 2 unspecified atom stereocenters. The number of nitrogens with zero attached hydrogens (tertiary/aromatic N) is 1. The Balaban J connectivity index is 2.17. The molecule has 1 heterocycles. The molecule has 1 spiro atoms. The summed E-state index contributed by atoms with van der Waals surface area (Å²) in [5.74, 6) is 0.533. The van der Waals surface area contributed by atoms with Crippen LogP contribution >= 0.6 is 0 Å². The summed E-state index contributed by atoms with van der Waals surface area (Å²) in [6.45, 7) is 4.68. The van der Waals surface area contributed by atoms with Gasteiger partial charge in [0.2, 0.25) is 0 Å². The van der Waals surface area contributed by atoms with Crippen LogP contribution in [0.2, 0.25) is 0 Å². The summed E-state index contributed by atoms with van der Waals surface area (Å²) >= 11 is 0. The Bertz CT molecular complexity index is 316. The molecule has 2 aliphatic rings. The zero-order chi connectivity index (χ0) is 11.8. The average molecular weight is 224 g/mol. The van der Waals surface area contributed by atoms with Crippen LogP contribution < -0.4 is 5.32 Å². The third-order valence-corrected chi connectivity index (χ3v) is 3.69. The van der Waals surface area contributed by atoms with Gasteiger partial charge in [-0.2, -0.15) is 0 Å². The van der Waals surface area contributed by atoms with Gasteiger partial charge in [-0.05, 0) is 25.2 Å². The maximum atomic E-state index is 12.3. The lowest BCUT2D eigenvalue weighted by Gasteiger charge is -2.34. The van der Waals surface area contributed by atoms with E-state index in [2.05, 4.69) is 12.2 Å². The number of amides is 3. The number of imide groups is 1. The van der Waals surface area contributed by atoms with Crippen LogP contribution in [0, 0.1) is 5.92 Å². The summed E-state index contributed by atoms with van der Waals surface area (Å²) in [6.07, 6.45) is 4.64. The van der Waals surface area contributed by atoms with Gasteiger partial charge in [0.15, 0.2) is 0 Å². The molecule has 1 N–H and O–H groups in total. The van der Waals surface area contributed by atoms with Crippen molar-refractivity contribution in [2.75, 3.05) is 6.54 Å². The van der Waals surface area contributed by atoms with Crippen LogP contribution in [0.4, 0.5) is 4.79 Å². The van der Waals surface area contributed by atoms with Gasteiger partial charge in [-0.25, -0.2) is 4.79 Å². The summed E-state index contributed by atoms with van der Waals surface area (Å²) in [6, 6.07) is -0.194. The number of urea groups is 1. The highest BCUT2D eigenvalue weighted by Crippen LogP contribution is 2.36. The minimum absolute atomic E-state index is 0.00546. The van der Waals surface area contributed by atoms with Crippen molar-refractivity contribution in [3.63, 3.8) is 0 Å². The zero-order valence-corrected chi connectivity index (χ0v) is 10.1. The highest BCUT2D eigenvalue weighted by Gasteiger charge is 2.51. The Morgan fingerprint density at radius 3 is 2.88 bits per heavy atom. The highest BCUT2D eigenvalue weighted by atomic mass is 16.2. The third kappa shape index (κ3) is 1.70. The molecule has 0 bridgehead atoms. The van der Waals surface area contributed by atoms with E-state index in [1.165, 1.54) is 11.3 Å². The molecule has 0 aromatic heterocycles. The highest BCUT2D eigenvalue weighted by molar-refractivity contribution is 6.07. The van der Waals surface area contributed by atoms with E-state index in [4.69, 9.17) is 0 Å². The van der Waals surface area contributed by atoms with Crippen LogP contribution in [0.25, 0.3) is 0 Å². The van der Waals surface area contributed by atoms with Gasteiger partial charge >= 0.3 is 6.03 Å². The Labute approximate surface area is 96.4 Å². The van der Waals surface area contributed by atoms with Crippen molar-refractivity contribution in [3.8, 4) is 0 Å². The molecule has 2 atom stereocenters. The van der Waals surface area contributed by atoms with Crippen LogP contribution in [0.3, 0.4) is 0 Å². The molecule has 90 valence electrons. The molecule has 1 saturated carbocycles. The van der Waals surface area contributed by atoms with Crippen molar-refractivity contribution in [2.24, 2.45) is 5.92 Å². The van der Waals surface area contributed by atoms with E-state index in [9.17, 15) is 9.59 Å². The van der Waals surface area contributed by atoms with Gasteiger partial charge in [0.25, 0.3) is 5.91 Å². The Morgan fingerprint density at radius 2 is 2.25 bits per heavy atom. The molecule has 2 rings (SSSR count). The maximum Gasteiger partial charge on any atom is 0.325 e. The Morgan fingerprint density at radius 1 is 1.50 bits per heavy atom. The van der Waals surface area contributed by atoms with Gasteiger partial charge in [0, 0.05) is 6.54 Å². The largest absolute Gasteiger partial charge is 0.325 e. The fourth-order valence-electron chi connectivity index (χ4n) is 2.96. The van der Waals surface area contributed by atoms with Gasteiger partial charge in [0.05, 0.1) is 0 Å². The van der Waals surface area contributed by atoms with E-state index in [0.717, 1.165) is 25.7 Å². The zero-order valence-electron chi connectivity index (χ0n) is 10.1. The number of carbonyl (C=O) groups is 2. The average Bonchev–Trinajstić information content (AvgIpc) is 2.43. The first-order chi connectivity index (χ1) is 7.59. The van der Waals surface area contributed by atoms with Crippen molar-refractivity contribution in [1.82, 2.24) is 10.2 Å². The number of carbonyl (C=O) groups excluding carboxylic acids is 2. The van der Waals surface area contributed by atoms with Crippen molar-refractivity contribution in [3.05, 3.63) is 0 Å². The van der Waals surface area contributed by atoms with E-state index >= 15 is 0 Å². The molecule has 1 saturated heterocycles. The second kappa shape index (κ2) is 4.07. The number of hydrogen-bond donors (Lipinski definition) is 1. The predicted octanol–water partition coefficient (Wildman–Crippen LogP) is 1.90. The minimum Gasteiger partial charge on any atom is -0.323 e. The smallest absolute Gasteiger partial charge is 0.323 e. The lowest BCUT2D eigenvalue weighted by Crippen LogP contribution is -2.50. The second-order valence-corrected chi connectivity index (χ2v) is 5.17. The fourth-order valence-corrected chi connectivity index (χ4v) is 2.96. The first-order valence-electron chi connectivity index (χ1n) is 6.23. The SMILES string of the molecule is CCCN1C(=O)NC2(CCCC(C)C2)C1=O. The van der Waals surface area contributed by atoms with E-state index in [-0.39, 0.29) is 11.9 Å². The van der Waals surface area contributed by atoms with Crippen LogP contribution in [0.5, 0.6) is 0 Å². The first-order valence-corrected chi connectivity index (χ1v) is 6.23. The Kier molecular flexibility index (Phi) is 2.91. The number of nitrogens with one attached hydrogen (secondary N) is 1. The van der Waals surface area contributed by atoms with Crippen molar-refractivity contribution in [2.45, 2.75) is 51.5 Å². The monoisotopic (exact) mass is 224 g/mol. The fraction of sp³-hybridized carbons (Fsp3) is 0.833. The molecule has 1 aliphatic heterocycles. The summed E-state index contributed by atoms with van der Waals surface area (Å²) < 4.78 is 0. The van der Waals surface area contributed by atoms with Gasteiger partial charge in [-0.1, -0.05) is 26.7 Å². The van der Waals surface area contributed by atoms with Gasteiger partial charge < -0.3 is 5.32 Å².